The lowest BCUT2D eigenvalue weighted by molar-refractivity contribution is -0.137. The Morgan fingerprint density at radius 2 is 1.91 bits per heavy atom. The standard InChI is InChI=1S/C22H20F3N5O3/c23-22(24,25)16-4-1-3-15(11-16)21-26-28-30(27-21)13-20(31)29-8-2-5-17(29)14-6-7-18-19(12-14)33-10-9-32-18/h1,3-4,6-7,11-12,17H,2,5,8-10,13H2/t17-/m1/s1. The molecule has 1 amide bonds. The number of rotatable bonds is 4. The van der Waals surface area contributed by atoms with Crippen LogP contribution in [0.2, 0.25) is 0 Å². The fraction of sp³-hybridized carbons (Fsp3) is 0.364. The number of nitrogens with zero attached hydrogens (tertiary/aromatic N) is 5. The number of fused-ring (bicyclic) bond motifs is 1. The largest absolute Gasteiger partial charge is 0.486 e. The van der Waals surface area contributed by atoms with E-state index in [0.717, 1.165) is 35.3 Å². The molecule has 1 fully saturated rings. The van der Waals surface area contributed by atoms with Gasteiger partial charge in [0, 0.05) is 12.1 Å². The van der Waals surface area contributed by atoms with E-state index in [2.05, 4.69) is 15.4 Å². The molecule has 33 heavy (non-hydrogen) atoms. The Morgan fingerprint density at radius 3 is 2.73 bits per heavy atom. The van der Waals surface area contributed by atoms with Crippen molar-refractivity contribution in [2.75, 3.05) is 19.8 Å². The van der Waals surface area contributed by atoms with Gasteiger partial charge in [-0.3, -0.25) is 4.79 Å². The van der Waals surface area contributed by atoms with Crippen LogP contribution in [0.1, 0.15) is 30.0 Å². The summed E-state index contributed by atoms with van der Waals surface area (Å²) in [4.78, 5) is 15.9. The summed E-state index contributed by atoms with van der Waals surface area (Å²) < 4.78 is 50.2. The van der Waals surface area contributed by atoms with Crippen LogP contribution in [0.4, 0.5) is 13.2 Å². The van der Waals surface area contributed by atoms with E-state index in [9.17, 15) is 18.0 Å². The minimum Gasteiger partial charge on any atom is -0.486 e. The van der Waals surface area contributed by atoms with Gasteiger partial charge in [0.2, 0.25) is 11.7 Å². The molecule has 0 saturated carbocycles. The van der Waals surface area contributed by atoms with Crippen LogP contribution in [0.5, 0.6) is 11.5 Å². The molecule has 0 radical (unpaired) electrons. The zero-order valence-electron chi connectivity index (χ0n) is 17.5. The molecule has 8 nitrogen and oxygen atoms in total. The first kappa shape index (κ1) is 21.2. The van der Waals surface area contributed by atoms with Crippen LogP contribution in [0, 0.1) is 0 Å². The first-order valence-electron chi connectivity index (χ1n) is 10.5. The van der Waals surface area contributed by atoms with Gasteiger partial charge in [0.1, 0.15) is 19.8 Å². The van der Waals surface area contributed by atoms with Gasteiger partial charge in [-0.2, -0.15) is 18.0 Å². The Balaban J connectivity index is 1.30. The summed E-state index contributed by atoms with van der Waals surface area (Å²) in [6.45, 7) is 1.42. The molecule has 172 valence electrons. The maximum atomic E-state index is 13.0. The summed E-state index contributed by atoms with van der Waals surface area (Å²) in [5.41, 5.74) is 0.340. The molecule has 1 saturated heterocycles. The number of amides is 1. The van der Waals surface area contributed by atoms with Gasteiger partial charge in [-0.05, 0) is 47.9 Å². The minimum atomic E-state index is -4.47. The number of ether oxygens (including phenoxy) is 2. The SMILES string of the molecule is O=C(Cn1nnc(-c2cccc(C(F)(F)F)c2)n1)N1CCC[C@@H]1c1ccc2c(c1)OCCO2. The fourth-order valence-corrected chi connectivity index (χ4v) is 4.15. The molecular formula is C22H20F3N5O3. The first-order valence-corrected chi connectivity index (χ1v) is 10.5. The maximum absolute atomic E-state index is 13.0. The third kappa shape index (κ3) is 4.35. The average Bonchev–Trinajstić information content (AvgIpc) is 3.48. The van der Waals surface area contributed by atoms with Gasteiger partial charge in [0.15, 0.2) is 11.5 Å². The number of tetrazole rings is 1. The van der Waals surface area contributed by atoms with Crippen LogP contribution in [0.3, 0.4) is 0 Å². The molecule has 11 heteroatoms. The van der Waals surface area contributed by atoms with Crippen LogP contribution >= 0.6 is 0 Å². The van der Waals surface area contributed by atoms with Gasteiger partial charge in [-0.1, -0.05) is 18.2 Å². The van der Waals surface area contributed by atoms with Crippen molar-refractivity contribution in [3.63, 3.8) is 0 Å². The van der Waals surface area contributed by atoms with Crippen molar-refractivity contribution < 1.29 is 27.4 Å². The third-order valence-corrected chi connectivity index (χ3v) is 5.70. The van der Waals surface area contributed by atoms with Crippen molar-refractivity contribution in [3.05, 3.63) is 53.6 Å². The molecule has 2 aromatic carbocycles. The van der Waals surface area contributed by atoms with E-state index in [1.165, 1.54) is 12.1 Å². The molecule has 1 atom stereocenters. The van der Waals surface area contributed by atoms with E-state index < -0.39 is 11.7 Å². The number of hydrogen-bond donors (Lipinski definition) is 0. The smallest absolute Gasteiger partial charge is 0.416 e. The summed E-state index contributed by atoms with van der Waals surface area (Å²) in [7, 11) is 0. The van der Waals surface area contributed by atoms with E-state index >= 15 is 0 Å². The van der Waals surface area contributed by atoms with Crippen LogP contribution in [0.25, 0.3) is 11.4 Å². The molecule has 0 unspecified atom stereocenters. The summed E-state index contributed by atoms with van der Waals surface area (Å²) in [5.74, 6) is 1.19. The van der Waals surface area contributed by atoms with Gasteiger partial charge in [0.25, 0.3) is 0 Å². The monoisotopic (exact) mass is 459 g/mol. The van der Waals surface area contributed by atoms with Crippen LogP contribution in [0.15, 0.2) is 42.5 Å². The molecule has 5 rings (SSSR count). The van der Waals surface area contributed by atoms with Crippen molar-refractivity contribution in [3.8, 4) is 22.9 Å². The summed E-state index contributed by atoms with van der Waals surface area (Å²) >= 11 is 0. The number of likely N-dealkylation sites (tertiary alicyclic amines) is 1. The number of carbonyl (C=O) groups excluding carboxylic acids is 1. The van der Waals surface area contributed by atoms with Crippen molar-refractivity contribution in [1.82, 2.24) is 25.1 Å². The second-order valence-corrected chi connectivity index (χ2v) is 7.87. The number of alkyl halides is 3. The molecule has 0 aliphatic carbocycles. The Hall–Kier alpha value is -3.63. The van der Waals surface area contributed by atoms with Crippen molar-refractivity contribution >= 4 is 5.91 Å². The lowest BCUT2D eigenvalue weighted by Crippen LogP contribution is -2.34. The van der Waals surface area contributed by atoms with Crippen LogP contribution in [-0.4, -0.2) is 50.8 Å². The Labute approximate surface area is 186 Å². The molecule has 0 N–H and O–H groups in total. The fourth-order valence-electron chi connectivity index (χ4n) is 4.15. The molecular weight excluding hydrogens is 439 g/mol. The van der Waals surface area contributed by atoms with Gasteiger partial charge in [-0.25, -0.2) is 0 Å². The summed E-state index contributed by atoms with van der Waals surface area (Å²) in [6.07, 6.45) is -2.81. The highest BCUT2D eigenvalue weighted by atomic mass is 19.4. The van der Waals surface area contributed by atoms with E-state index in [0.29, 0.717) is 31.3 Å². The molecule has 0 bridgehead atoms. The number of aromatic nitrogens is 4. The molecule has 2 aliphatic heterocycles. The van der Waals surface area contributed by atoms with Gasteiger partial charge in [-0.15, -0.1) is 10.2 Å². The molecule has 1 aromatic heterocycles. The second kappa shape index (κ2) is 8.38. The number of hydrogen-bond acceptors (Lipinski definition) is 6. The molecule has 2 aliphatic rings. The first-order chi connectivity index (χ1) is 15.9. The van der Waals surface area contributed by atoms with Crippen LogP contribution in [-0.2, 0) is 17.5 Å². The lowest BCUT2D eigenvalue weighted by Gasteiger charge is -2.26. The Kier molecular flexibility index (Phi) is 5.39. The predicted molar refractivity (Wildman–Crippen MR) is 109 cm³/mol. The van der Waals surface area contributed by atoms with Crippen molar-refractivity contribution in [2.45, 2.75) is 31.6 Å². The zero-order chi connectivity index (χ0) is 23.0. The highest BCUT2D eigenvalue weighted by Crippen LogP contribution is 2.38. The topological polar surface area (TPSA) is 82.4 Å². The lowest BCUT2D eigenvalue weighted by atomic mass is 10.0. The maximum Gasteiger partial charge on any atom is 0.416 e. The zero-order valence-corrected chi connectivity index (χ0v) is 17.5. The Morgan fingerprint density at radius 1 is 1.09 bits per heavy atom. The summed E-state index contributed by atoms with van der Waals surface area (Å²) in [5, 5.41) is 11.8. The van der Waals surface area contributed by atoms with Gasteiger partial charge < -0.3 is 14.4 Å². The van der Waals surface area contributed by atoms with E-state index in [1.807, 2.05) is 18.2 Å². The highest BCUT2D eigenvalue weighted by molar-refractivity contribution is 5.76. The van der Waals surface area contributed by atoms with E-state index in [1.54, 1.807) is 4.90 Å². The quantitative estimate of drug-likeness (QED) is 0.594. The van der Waals surface area contributed by atoms with E-state index in [-0.39, 0.29) is 29.9 Å². The van der Waals surface area contributed by atoms with Crippen molar-refractivity contribution in [1.29, 1.82) is 0 Å². The molecule has 0 spiro atoms. The molecule has 3 heterocycles. The number of carbonyl (C=O) groups is 1. The molecule has 3 aromatic rings. The normalized spacial score (nSPS) is 17.9. The number of halogens is 3. The minimum absolute atomic E-state index is 0.0266. The highest BCUT2D eigenvalue weighted by Gasteiger charge is 2.32. The van der Waals surface area contributed by atoms with Gasteiger partial charge >= 0.3 is 6.18 Å². The number of benzene rings is 2. The predicted octanol–water partition coefficient (Wildman–Crippen LogP) is 3.49. The van der Waals surface area contributed by atoms with Gasteiger partial charge in [0.05, 0.1) is 11.6 Å². The van der Waals surface area contributed by atoms with Crippen LogP contribution < -0.4 is 9.47 Å². The average molecular weight is 459 g/mol. The van der Waals surface area contributed by atoms with E-state index in [4.69, 9.17) is 9.47 Å². The van der Waals surface area contributed by atoms with Crippen molar-refractivity contribution in [2.24, 2.45) is 0 Å². The third-order valence-electron chi connectivity index (χ3n) is 5.70. The summed E-state index contributed by atoms with van der Waals surface area (Å²) in [6, 6.07) is 10.3. The second-order valence-electron chi connectivity index (χ2n) is 7.87. The Bertz CT molecular complexity index is 1180.